The van der Waals surface area contributed by atoms with Crippen LogP contribution in [0.25, 0.3) is 0 Å². The van der Waals surface area contributed by atoms with Gasteiger partial charge in [-0.25, -0.2) is 4.39 Å². The Bertz CT molecular complexity index is 495. The fourth-order valence-corrected chi connectivity index (χ4v) is 3.22. The van der Waals surface area contributed by atoms with Gasteiger partial charge < -0.3 is 10.2 Å². The van der Waals surface area contributed by atoms with Gasteiger partial charge in [-0.3, -0.25) is 4.79 Å². The van der Waals surface area contributed by atoms with E-state index in [-0.39, 0.29) is 11.7 Å². The Balaban J connectivity index is 2.06. The average Bonchev–Trinajstić information content (AvgIpc) is 2.37. The van der Waals surface area contributed by atoms with Gasteiger partial charge in [0.25, 0.3) is 0 Å². The molecular weight excluding hydrogens is 231 g/mol. The van der Waals surface area contributed by atoms with E-state index in [1.165, 1.54) is 18.6 Å². The lowest BCUT2D eigenvalue weighted by Crippen LogP contribution is -2.59. The van der Waals surface area contributed by atoms with Gasteiger partial charge in [0, 0.05) is 7.05 Å². The molecule has 0 unspecified atom stereocenters. The van der Waals surface area contributed by atoms with Gasteiger partial charge in [0.05, 0.1) is 11.4 Å². The lowest BCUT2D eigenvalue weighted by molar-refractivity contribution is -0.122. The van der Waals surface area contributed by atoms with Crippen LogP contribution in [0.2, 0.25) is 0 Å². The molecule has 3 nitrogen and oxygen atoms in total. The first-order valence-electron chi connectivity index (χ1n) is 6.48. The number of likely N-dealkylation sites (N-methyl/N-ethyl adjacent to an activating group) is 1. The number of halogens is 1. The van der Waals surface area contributed by atoms with Crippen molar-refractivity contribution >= 4 is 17.3 Å². The molecule has 0 atom stereocenters. The maximum atomic E-state index is 13.2. The Morgan fingerprint density at radius 3 is 2.72 bits per heavy atom. The van der Waals surface area contributed by atoms with Gasteiger partial charge in [0.15, 0.2) is 0 Å². The molecule has 1 aliphatic carbocycles. The van der Waals surface area contributed by atoms with Crippen LogP contribution < -0.4 is 10.2 Å². The molecule has 1 N–H and O–H groups in total. The molecule has 1 aromatic carbocycles. The van der Waals surface area contributed by atoms with E-state index in [0.29, 0.717) is 5.69 Å². The van der Waals surface area contributed by atoms with Crippen molar-refractivity contribution in [3.05, 3.63) is 24.0 Å². The third kappa shape index (κ3) is 1.51. The fraction of sp³-hybridized carbons (Fsp3) is 0.500. The molecule has 1 aliphatic heterocycles. The van der Waals surface area contributed by atoms with Crippen molar-refractivity contribution < 1.29 is 9.18 Å². The highest BCUT2D eigenvalue weighted by Crippen LogP contribution is 2.43. The highest BCUT2D eigenvalue weighted by Gasteiger charge is 2.46. The van der Waals surface area contributed by atoms with Gasteiger partial charge in [-0.05, 0) is 31.0 Å². The van der Waals surface area contributed by atoms with Gasteiger partial charge >= 0.3 is 0 Å². The first-order valence-corrected chi connectivity index (χ1v) is 6.48. The number of nitrogens with one attached hydrogen (secondary N) is 1. The first-order chi connectivity index (χ1) is 8.63. The fourth-order valence-electron chi connectivity index (χ4n) is 3.22. The Labute approximate surface area is 106 Å². The summed E-state index contributed by atoms with van der Waals surface area (Å²) in [5.74, 6) is -0.301. The Morgan fingerprint density at radius 2 is 2.00 bits per heavy atom. The topological polar surface area (TPSA) is 32.3 Å². The minimum absolute atomic E-state index is 0.0165. The summed E-state index contributed by atoms with van der Waals surface area (Å²) in [5.41, 5.74) is 1.07. The predicted octanol–water partition coefficient (Wildman–Crippen LogP) is 2.92. The molecule has 1 fully saturated rings. The van der Waals surface area contributed by atoms with Gasteiger partial charge in [0.1, 0.15) is 11.4 Å². The summed E-state index contributed by atoms with van der Waals surface area (Å²) < 4.78 is 13.2. The maximum absolute atomic E-state index is 13.2. The average molecular weight is 248 g/mol. The largest absolute Gasteiger partial charge is 0.358 e. The minimum Gasteiger partial charge on any atom is -0.358 e. The smallest absolute Gasteiger partial charge is 0.250 e. The van der Waals surface area contributed by atoms with Crippen molar-refractivity contribution in [3.8, 4) is 0 Å². The second-order valence-corrected chi connectivity index (χ2v) is 5.27. The highest BCUT2D eigenvalue weighted by molar-refractivity contribution is 6.06. The van der Waals surface area contributed by atoms with E-state index in [9.17, 15) is 9.18 Å². The summed E-state index contributed by atoms with van der Waals surface area (Å²) in [4.78, 5) is 14.4. The molecule has 18 heavy (non-hydrogen) atoms. The monoisotopic (exact) mass is 248 g/mol. The van der Waals surface area contributed by atoms with E-state index in [1.807, 2.05) is 11.9 Å². The standard InChI is InChI=1S/C14H17FN2O/c1-17-12-6-5-10(15)9-11(12)16-13(18)14(17)7-3-2-4-8-14/h5-6,9H,2-4,7-8H2,1H3,(H,16,18). The number of carbonyl (C=O) groups is 1. The number of nitrogens with zero attached hydrogens (tertiary/aromatic N) is 1. The van der Waals surface area contributed by atoms with Crippen LogP contribution in [0.3, 0.4) is 0 Å². The molecule has 1 spiro atoms. The van der Waals surface area contributed by atoms with Crippen molar-refractivity contribution in [1.29, 1.82) is 0 Å². The summed E-state index contributed by atoms with van der Waals surface area (Å²) >= 11 is 0. The molecule has 1 aromatic rings. The van der Waals surface area contributed by atoms with Crippen molar-refractivity contribution in [2.24, 2.45) is 0 Å². The van der Waals surface area contributed by atoms with Crippen LogP contribution >= 0.6 is 0 Å². The first kappa shape index (κ1) is 11.5. The second kappa shape index (κ2) is 3.97. The third-order valence-corrected chi connectivity index (χ3v) is 4.31. The highest BCUT2D eigenvalue weighted by atomic mass is 19.1. The van der Waals surface area contributed by atoms with Crippen molar-refractivity contribution in [2.75, 3.05) is 17.3 Å². The number of hydrogen-bond acceptors (Lipinski definition) is 2. The summed E-state index contributed by atoms with van der Waals surface area (Å²) in [7, 11) is 1.95. The Kier molecular flexibility index (Phi) is 2.54. The zero-order chi connectivity index (χ0) is 12.8. The van der Waals surface area contributed by atoms with Crippen LogP contribution in [0.15, 0.2) is 18.2 Å². The third-order valence-electron chi connectivity index (χ3n) is 4.31. The normalized spacial score (nSPS) is 21.7. The zero-order valence-corrected chi connectivity index (χ0v) is 10.5. The number of carbonyl (C=O) groups excluding carboxylic acids is 1. The van der Waals surface area contributed by atoms with Crippen molar-refractivity contribution in [2.45, 2.75) is 37.6 Å². The van der Waals surface area contributed by atoms with Crippen molar-refractivity contribution in [3.63, 3.8) is 0 Å². The molecule has 3 rings (SSSR count). The SMILES string of the molecule is CN1c2ccc(F)cc2NC(=O)C12CCCCC2. The second-order valence-electron chi connectivity index (χ2n) is 5.27. The van der Waals surface area contributed by atoms with E-state index >= 15 is 0 Å². The lowest BCUT2D eigenvalue weighted by atomic mass is 9.78. The molecule has 1 saturated carbocycles. The molecule has 96 valence electrons. The van der Waals surface area contributed by atoms with Gasteiger partial charge in [0.2, 0.25) is 5.91 Å². The number of fused-ring (bicyclic) bond motifs is 1. The number of rotatable bonds is 0. The summed E-state index contributed by atoms with van der Waals surface area (Å²) in [6, 6.07) is 4.59. The quantitative estimate of drug-likeness (QED) is 0.765. The molecule has 1 amide bonds. The lowest BCUT2D eigenvalue weighted by Gasteiger charge is -2.48. The van der Waals surface area contributed by atoms with Gasteiger partial charge in [-0.15, -0.1) is 0 Å². The van der Waals surface area contributed by atoms with Gasteiger partial charge in [-0.1, -0.05) is 19.3 Å². The molecule has 0 saturated heterocycles. The van der Waals surface area contributed by atoms with Gasteiger partial charge in [-0.2, -0.15) is 0 Å². The zero-order valence-electron chi connectivity index (χ0n) is 10.5. The maximum Gasteiger partial charge on any atom is 0.250 e. The van der Waals surface area contributed by atoms with Crippen LogP contribution in [-0.2, 0) is 4.79 Å². The number of amides is 1. The molecular formula is C14H17FN2O. The van der Waals surface area contributed by atoms with E-state index in [1.54, 1.807) is 6.07 Å². The number of hydrogen-bond donors (Lipinski definition) is 1. The Morgan fingerprint density at radius 1 is 1.28 bits per heavy atom. The molecule has 0 aromatic heterocycles. The molecule has 0 bridgehead atoms. The summed E-state index contributed by atoms with van der Waals surface area (Å²) in [6.07, 6.45) is 5.11. The van der Waals surface area contributed by atoms with Crippen LogP contribution in [0.4, 0.5) is 15.8 Å². The van der Waals surface area contributed by atoms with Crippen LogP contribution in [-0.4, -0.2) is 18.5 Å². The summed E-state index contributed by atoms with van der Waals surface area (Å²) in [5, 5.41) is 2.87. The van der Waals surface area contributed by atoms with E-state index in [4.69, 9.17) is 0 Å². The minimum atomic E-state index is -0.428. The molecule has 2 aliphatic rings. The summed E-state index contributed by atoms with van der Waals surface area (Å²) in [6.45, 7) is 0. The van der Waals surface area contributed by atoms with E-state index < -0.39 is 5.54 Å². The van der Waals surface area contributed by atoms with Crippen LogP contribution in [0.1, 0.15) is 32.1 Å². The van der Waals surface area contributed by atoms with E-state index in [0.717, 1.165) is 31.4 Å². The van der Waals surface area contributed by atoms with E-state index in [2.05, 4.69) is 5.32 Å². The molecule has 4 heteroatoms. The van der Waals surface area contributed by atoms with Crippen LogP contribution in [0.5, 0.6) is 0 Å². The van der Waals surface area contributed by atoms with Crippen LogP contribution in [0, 0.1) is 5.82 Å². The molecule has 1 heterocycles. The van der Waals surface area contributed by atoms with Crippen molar-refractivity contribution in [1.82, 2.24) is 0 Å². The number of benzene rings is 1. The number of anilines is 2. The molecule has 0 radical (unpaired) electrons. The predicted molar refractivity (Wildman–Crippen MR) is 69.2 cm³/mol. The Hall–Kier alpha value is -1.58.